The Bertz CT molecular complexity index is 1320. The molecular weight excluding hydrogens is 428 g/mol. The Kier molecular flexibility index (Phi) is 5.67. The fourth-order valence-corrected chi connectivity index (χ4v) is 4.68. The van der Waals surface area contributed by atoms with Gasteiger partial charge in [-0.25, -0.2) is 4.98 Å². The van der Waals surface area contributed by atoms with Crippen LogP contribution in [0.5, 0.6) is 5.88 Å². The van der Waals surface area contributed by atoms with Crippen LogP contribution >= 0.6 is 0 Å². The molecule has 0 amide bonds. The zero-order valence-corrected chi connectivity index (χ0v) is 20.4. The molecule has 8 nitrogen and oxygen atoms in total. The third kappa shape index (κ3) is 4.08. The Labute approximate surface area is 199 Å². The molecule has 0 aromatic carbocycles. The van der Waals surface area contributed by atoms with Gasteiger partial charge in [0, 0.05) is 34.8 Å². The minimum absolute atomic E-state index is 0.222. The minimum Gasteiger partial charge on any atom is -0.481 e. The standard InChI is InChI=1S/C26H30N6O2/c1-6-18-12-20(16(2)28-24(18)33-5)23-29-25(34-31-23)22-19-9-10-26(3,4)13-21(19)32(30-22)15-17-8-7-11-27-14-17/h7-8,11-12,14H,6,9-10,13,15H2,1-5H3. The fraction of sp³-hybridized carbons (Fsp3) is 0.423. The molecule has 0 fully saturated rings. The normalized spacial score (nSPS) is 14.7. The molecule has 5 rings (SSSR count). The third-order valence-electron chi connectivity index (χ3n) is 6.62. The molecule has 4 heterocycles. The van der Waals surface area contributed by atoms with Crippen LogP contribution in [0.4, 0.5) is 0 Å². The quantitative estimate of drug-likeness (QED) is 0.408. The highest BCUT2D eigenvalue weighted by Gasteiger charge is 2.33. The number of hydrogen-bond donors (Lipinski definition) is 0. The van der Waals surface area contributed by atoms with Gasteiger partial charge in [0.05, 0.1) is 19.3 Å². The molecule has 1 aliphatic carbocycles. The third-order valence-corrected chi connectivity index (χ3v) is 6.62. The van der Waals surface area contributed by atoms with Gasteiger partial charge in [-0.1, -0.05) is 32.0 Å². The van der Waals surface area contributed by atoms with E-state index in [0.29, 0.717) is 24.1 Å². The number of ether oxygens (including phenoxy) is 1. The van der Waals surface area contributed by atoms with E-state index in [4.69, 9.17) is 19.3 Å². The fourth-order valence-electron chi connectivity index (χ4n) is 4.68. The van der Waals surface area contributed by atoms with Gasteiger partial charge in [-0.05, 0) is 55.7 Å². The molecule has 176 valence electrons. The SMILES string of the molecule is CCc1cc(-c2noc(-c3nn(Cc4cccnc4)c4c3CCC(C)(C)C4)n2)c(C)nc1OC. The van der Waals surface area contributed by atoms with Crippen LogP contribution in [0.25, 0.3) is 23.0 Å². The topological polar surface area (TPSA) is 91.8 Å². The molecule has 0 saturated heterocycles. The second-order valence-corrected chi connectivity index (χ2v) is 9.70. The highest BCUT2D eigenvalue weighted by molar-refractivity contribution is 5.64. The van der Waals surface area contributed by atoms with Gasteiger partial charge in [0.25, 0.3) is 5.89 Å². The van der Waals surface area contributed by atoms with Crippen molar-refractivity contribution in [2.75, 3.05) is 7.11 Å². The second kappa shape index (κ2) is 8.66. The van der Waals surface area contributed by atoms with E-state index in [9.17, 15) is 0 Å². The largest absolute Gasteiger partial charge is 0.481 e. The van der Waals surface area contributed by atoms with E-state index in [0.717, 1.165) is 53.8 Å². The van der Waals surface area contributed by atoms with E-state index in [1.54, 1.807) is 13.3 Å². The Morgan fingerprint density at radius 2 is 2.09 bits per heavy atom. The van der Waals surface area contributed by atoms with Gasteiger partial charge in [-0.3, -0.25) is 9.67 Å². The summed E-state index contributed by atoms with van der Waals surface area (Å²) in [4.78, 5) is 13.6. The van der Waals surface area contributed by atoms with Crippen LogP contribution in [0.2, 0.25) is 0 Å². The average molecular weight is 459 g/mol. The molecule has 8 heteroatoms. The molecule has 0 radical (unpaired) electrons. The predicted octanol–water partition coefficient (Wildman–Crippen LogP) is 4.83. The predicted molar refractivity (Wildman–Crippen MR) is 129 cm³/mol. The number of pyridine rings is 2. The van der Waals surface area contributed by atoms with Crippen LogP contribution in [-0.2, 0) is 25.8 Å². The maximum absolute atomic E-state index is 5.76. The number of methoxy groups -OCH3 is 1. The number of aryl methyl sites for hydroxylation is 2. The molecule has 0 unspecified atom stereocenters. The van der Waals surface area contributed by atoms with Gasteiger partial charge < -0.3 is 9.26 Å². The number of aromatic nitrogens is 6. The Hall–Kier alpha value is -3.55. The molecule has 34 heavy (non-hydrogen) atoms. The smallest absolute Gasteiger partial charge is 0.279 e. The summed E-state index contributed by atoms with van der Waals surface area (Å²) < 4.78 is 13.3. The summed E-state index contributed by atoms with van der Waals surface area (Å²) in [5.74, 6) is 1.60. The molecule has 4 aromatic heterocycles. The summed E-state index contributed by atoms with van der Waals surface area (Å²) in [6.07, 6.45) is 7.46. The molecule has 0 saturated carbocycles. The van der Waals surface area contributed by atoms with Crippen molar-refractivity contribution in [3.8, 4) is 28.9 Å². The average Bonchev–Trinajstić information content (AvgIpc) is 3.44. The van der Waals surface area contributed by atoms with E-state index >= 15 is 0 Å². The van der Waals surface area contributed by atoms with Crippen molar-refractivity contribution in [2.24, 2.45) is 5.41 Å². The molecule has 0 aliphatic heterocycles. The number of nitrogens with zero attached hydrogens (tertiary/aromatic N) is 6. The molecule has 4 aromatic rings. The number of fused-ring (bicyclic) bond motifs is 1. The van der Waals surface area contributed by atoms with Crippen LogP contribution in [-0.4, -0.2) is 37.0 Å². The van der Waals surface area contributed by atoms with Crippen molar-refractivity contribution < 1.29 is 9.26 Å². The van der Waals surface area contributed by atoms with Crippen LogP contribution in [0.15, 0.2) is 35.1 Å². The number of hydrogen-bond acceptors (Lipinski definition) is 7. The van der Waals surface area contributed by atoms with E-state index in [1.807, 2.05) is 25.3 Å². The molecular formula is C26H30N6O2. The minimum atomic E-state index is 0.222. The summed E-state index contributed by atoms with van der Waals surface area (Å²) in [6.45, 7) is 9.29. The lowest BCUT2D eigenvalue weighted by atomic mass is 9.76. The molecule has 0 spiro atoms. The van der Waals surface area contributed by atoms with Crippen molar-refractivity contribution in [1.29, 1.82) is 0 Å². The first-order valence-corrected chi connectivity index (χ1v) is 11.7. The van der Waals surface area contributed by atoms with Crippen molar-refractivity contribution in [2.45, 2.75) is 59.9 Å². The first-order chi connectivity index (χ1) is 16.4. The second-order valence-electron chi connectivity index (χ2n) is 9.70. The Morgan fingerprint density at radius 1 is 1.24 bits per heavy atom. The summed E-state index contributed by atoms with van der Waals surface area (Å²) in [5.41, 5.74) is 7.21. The number of rotatable bonds is 6. The highest BCUT2D eigenvalue weighted by Crippen LogP contribution is 2.39. The summed E-state index contributed by atoms with van der Waals surface area (Å²) in [5, 5.41) is 9.27. The van der Waals surface area contributed by atoms with Crippen molar-refractivity contribution >= 4 is 0 Å². The summed E-state index contributed by atoms with van der Waals surface area (Å²) in [7, 11) is 1.64. The Morgan fingerprint density at radius 3 is 2.82 bits per heavy atom. The van der Waals surface area contributed by atoms with Gasteiger partial charge >= 0.3 is 0 Å². The van der Waals surface area contributed by atoms with Crippen LogP contribution in [0.1, 0.15) is 55.3 Å². The Balaban J connectivity index is 1.56. The van der Waals surface area contributed by atoms with E-state index in [1.165, 1.54) is 11.3 Å². The maximum atomic E-state index is 5.76. The summed E-state index contributed by atoms with van der Waals surface area (Å²) >= 11 is 0. The molecule has 1 aliphatic rings. The first-order valence-electron chi connectivity index (χ1n) is 11.7. The monoisotopic (exact) mass is 458 g/mol. The van der Waals surface area contributed by atoms with Crippen LogP contribution in [0.3, 0.4) is 0 Å². The van der Waals surface area contributed by atoms with Gasteiger partial charge in [0.15, 0.2) is 5.69 Å². The van der Waals surface area contributed by atoms with Gasteiger partial charge in [-0.15, -0.1) is 0 Å². The van der Waals surface area contributed by atoms with Crippen LogP contribution < -0.4 is 4.74 Å². The molecule has 0 atom stereocenters. The van der Waals surface area contributed by atoms with E-state index < -0.39 is 0 Å². The first kappa shape index (κ1) is 22.3. The van der Waals surface area contributed by atoms with E-state index in [2.05, 4.69) is 46.6 Å². The molecule has 0 bridgehead atoms. The van der Waals surface area contributed by atoms with Gasteiger partial charge in [0.1, 0.15) is 0 Å². The lowest BCUT2D eigenvalue weighted by molar-refractivity contribution is 0.305. The van der Waals surface area contributed by atoms with Gasteiger partial charge in [0.2, 0.25) is 11.7 Å². The zero-order valence-electron chi connectivity index (χ0n) is 20.4. The molecule has 0 N–H and O–H groups in total. The lowest BCUT2D eigenvalue weighted by Gasteiger charge is -2.30. The highest BCUT2D eigenvalue weighted by atomic mass is 16.5. The van der Waals surface area contributed by atoms with Crippen molar-refractivity contribution in [1.82, 2.24) is 29.9 Å². The van der Waals surface area contributed by atoms with E-state index in [-0.39, 0.29) is 5.41 Å². The summed E-state index contributed by atoms with van der Waals surface area (Å²) in [6, 6.07) is 6.06. The van der Waals surface area contributed by atoms with Gasteiger partial charge in [-0.2, -0.15) is 10.1 Å². The van der Waals surface area contributed by atoms with Crippen molar-refractivity contribution in [3.05, 3.63) is 58.7 Å². The van der Waals surface area contributed by atoms with Crippen molar-refractivity contribution in [3.63, 3.8) is 0 Å². The maximum Gasteiger partial charge on any atom is 0.279 e. The zero-order chi connectivity index (χ0) is 23.9. The van der Waals surface area contributed by atoms with Crippen LogP contribution in [0, 0.1) is 12.3 Å². The lowest BCUT2D eigenvalue weighted by Crippen LogP contribution is -2.24.